The summed E-state index contributed by atoms with van der Waals surface area (Å²) in [6, 6.07) is 0. The van der Waals surface area contributed by atoms with Gasteiger partial charge in [-0.15, -0.1) is 6.58 Å². The molecular formula is C11H16O. The quantitative estimate of drug-likeness (QED) is 0.461. The van der Waals surface area contributed by atoms with Crippen molar-refractivity contribution in [3.63, 3.8) is 0 Å². The number of unbranched alkanes of at least 4 members (excludes halogenated alkanes) is 1. The fourth-order valence-electron chi connectivity index (χ4n) is 1.61. The number of ketones is 1. The van der Waals surface area contributed by atoms with E-state index in [2.05, 4.69) is 6.58 Å². The maximum Gasteiger partial charge on any atom is 0.158 e. The molecule has 0 bridgehead atoms. The molecule has 0 atom stereocenters. The molecule has 1 nitrogen and oxygen atoms in total. The van der Waals surface area contributed by atoms with Gasteiger partial charge in [0.05, 0.1) is 0 Å². The second-order valence-corrected chi connectivity index (χ2v) is 3.33. The highest BCUT2D eigenvalue weighted by atomic mass is 16.1. The Morgan fingerprint density at radius 1 is 1.50 bits per heavy atom. The largest absolute Gasteiger partial charge is 0.295 e. The van der Waals surface area contributed by atoms with Crippen molar-refractivity contribution >= 4 is 5.78 Å². The summed E-state index contributed by atoms with van der Waals surface area (Å²) in [5, 5.41) is 0. The van der Waals surface area contributed by atoms with Crippen LogP contribution in [0.4, 0.5) is 0 Å². The van der Waals surface area contributed by atoms with E-state index in [1.165, 1.54) is 5.57 Å². The Morgan fingerprint density at radius 2 is 2.25 bits per heavy atom. The first-order chi connectivity index (χ1) is 5.75. The molecule has 0 amide bonds. The summed E-state index contributed by atoms with van der Waals surface area (Å²) < 4.78 is 0. The van der Waals surface area contributed by atoms with Crippen molar-refractivity contribution in [1.29, 1.82) is 0 Å². The number of allylic oxidation sites excluding steroid dienone is 3. The Morgan fingerprint density at radius 3 is 2.75 bits per heavy atom. The first-order valence-electron chi connectivity index (χ1n) is 4.58. The monoisotopic (exact) mass is 164 g/mol. The summed E-state index contributed by atoms with van der Waals surface area (Å²) >= 11 is 0. The van der Waals surface area contributed by atoms with Crippen LogP contribution in [0.3, 0.4) is 0 Å². The molecule has 0 saturated carbocycles. The van der Waals surface area contributed by atoms with Gasteiger partial charge in [0.1, 0.15) is 0 Å². The van der Waals surface area contributed by atoms with E-state index >= 15 is 0 Å². The van der Waals surface area contributed by atoms with Gasteiger partial charge >= 0.3 is 0 Å². The van der Waals surface area contributed by atoms with Gasteiger partial charge in [0.2, 0.25) is 0 Å². The highest BCUT2D eigenvalue weighted by molar-refractivity contribution is 5.98. The molecular weight excluding hydrogens is 148 g/mol. The van der Waals surface area contributed by atoms with Gasteiger partial charge < -0.3 is 0 Å². The standard InChI is InChI=1S/C11H16O/c1-3-4-5-6-10-7-8-11(12)9(10)2/h3H,1,4-8H2,2H3. The molecule has 0 unspecified atom stereocenters. The van der Waals surface area contributed by atoms with Crippen molar-refractivity contribution in [1.82, 2.24) is 0 Å². The van der Waals surface area contributed by atoms with Gasteiger partial charge in [-0.3, -0.25) is 4.79 Å². The Labute approximate surface area is 74.2 Å². The molecule has 1 aliphatic carbocycles. The van der Waals surface area contributed by atoms with E-state index in [4.69, 9.17) is 0 Å². The number of carbonyl (C=O) groups is 1. The molecule has 66 valence electrons. The van der Waals surface area contributed by atoms with E-state index in [1.54, 1.807) is 0 Å². The highest BCUT2D eigenvalue weighted by Gasteiger charge is 2.17. The molecule has 0 N–H and O–H groups in total. The summed E-state index contributed by atoms with van der Waals surface area (Å²) in [4.78, 5) is 11.1. The predicted molar refractivity (Wildman–Crippen MR) is 51.0 cm³/mol. The Bertz CT molecular complexity index is 223. The minimum Gasteiger partial charge on any atom is -0.295 e. The predicted octanol–water partition coefficient (Wildman–Crippen LogP) is 3.02. The molecule has 0 spiro atoms. The van der Waals surface area contributed by atoms with Gasteiger partial charge in [-0.1, -0.05) is 11.6 Å². The van der Waals surface area contributed by atoms with Gasteiger partial charge in [-0.25, -0.2) is 0 Å². The van der Waals surface area contributed by atoms with E-state index in [0.29, 0.717) is 5.78 Å². The van der Waals surface area contributed by atoms with Crippen LogP contribution in [0, 0.1) is 0 Å². The fraction of sp³-hybridized carbons (Fsp3) is 0.545. The highest BCUT2D eigenvalue weighted by Crippen LogP contribution is 2.26. The molecule has 0 saturated heterocycles. The Balaban J connectivity index is 2.41. The average Bonchev–Trinajstić information content (AvgIpc) is 2.36. The minimum atomic E-state index is 0.351. The summed E-state index contributed by atoms with van der Waals surface area (Å²) in [5.41, 5.74) is 2.40. The lowest BCUT2D eigenvalue weighted by Crippen LogP contribution is -1.90. The molecule has 1 aliphatic rings. The molecule has 12 heavy (non-hydrogen) atoms. The second kappa shape index (κ2) is 4.24. The van der Waals surface area contributed by atoms with Gasteiger partial charge in [0.15, 0.2) is 5.78 Å². The van der Waals surface area contributed by atoms with E-state index in [9.17, 15) is 4.79 Å². The molecule has 0 fully saturated rings. The van der Waals surface area contributed by atoms with Crippen molar-refractivity contribution in [2.24, 2.45) is 0 Å². The van der Waals surface area contributed by atoms with Crippen LogP contribution in [-0.2, 0) is 4.79 Å². The van der Waals surface area contributed by atoms with Crippen molar-refractivity contribution < 1.29 is 4.79 Å². The smallest absolute Gasteiger partial charge is 0.158 e. The average molecular weight is 164 g/mol. The normalized spacial score (nSPS) is 17.2. The molecule has 0 aromatic heterocycles. The van der Waals surface area contributed by atoms with Gasteiger partial charge in [0, 0.05) is 6.42 Å². The molecule has 0 radical (unpaired) electrons. The zero-order chi connectivity index (χ0) is 8.97. The zero-order valence-corrected chi connectivity index (χ0v) is 7.73. The van der Waals surface area contributed by atoms with Crippen LogP contribution >= 0.6 is 0 Å². The SMILES string of the molecule is C=CCCCC1=C(C)C(=O)CC1. The van der Waals surface area contributed by atoms with Crippen LogP contribution in [0.2, 0.25) is 0 Å². The van der Waals surface area contributed by atoms with Crippen LogP contribution in [-0.4, -0.2) is 5.78 Å². The first-order valence-corrected chi connectivity index (χ1v) is 4.58. The molecule has 0 aromatic rings. The van der Waals surface area contributed by atoms with E-state index < -0.39 is 0 Å². The first kappa shape index (κ1) is 9.24. The lowest BCUT2D eigenvalue weighted by atomic mass is 10.1. The Hall–Kier alpha value is -0.850. The van der Waals surface area contributed by atoms with Crippen LogP contribution in [0.1, 0.15) is 39.0 Å². The van der Waals surface area contributed by atoms with Crippen LogP contribution in [0.25, 0.3) is 0 Å². The van der Waals surface area contributed by atoms with Crippen molar-refractivity contribution in [3.8, 4) is 0 Å². The second-order valence-electron chi connectivity index (χ2n) is 3.33. The third kappa shape index (κ3) is 2.07. The van der Waals surface area contributed by atoms with Crippen molar-refractivity contribution in [2.75, 3.05) is 0 Å². The number of hydrogen-bond donors (Lipinski definition) is 0. The van der Waals surface area contributed by atoms with Gasteiger partial charge in [-0.2, -0.15) is 0 Å². The van der Waals surface area contributed by atoms with Crippen LogP contribution in [0.15, 0.2) is 23.8 Å². The molecule has 0 aromatic carbocycles. The summed E-state index contributed by atoms with van der Waals surface area (Å²) in [6.07, 6.45) is 6.97. The maximum absolute atomic E-state index is 11.1. The molecule has 0 aliphatic heterocycles. The number of carbonyl (C=O) groups excluding carboxylic acids is 1. The lowest BCUT2D eigenvalue weighted by molar-refractivity contribution is -0.114. The maximum atomic E-state index is 11.1. The topological polar surface area (TPSA) is 17.1 Å². The summed E-state index contributed by atoms with van der Waals surface area (Å²) in [7, 11) is 0. The Kier molecular flexibility index (Phi) is 3.27. The van der Waals surface area contributed by atoms with Crippen LogP contribution in [0.5, 0.6) is 0 Å². The summed E-state index contributed by atoms with van der Waals surface area (Å²) in [6.45, 7) is 5.63. The molecule has 1 rings (SSSR count). The van der Waals surface area contributed by atoms with Crippen molar-refractivity contribution in [3.05, 3.63) is 23.8 Å². The third-order valence-corrected chi connectivity index (χ3v) is 2.49. The van der Waals surface area contributed by atoms with E-state index in [1.807, 2.05) is 13.0 Å². The number of rotatable bonds is 4. The summed E-state index contributed by atoms with van der Waals surface area (Å²) in [5.74, 6) is 0.351. The zero-order valence-electron chi connectivity index (χ0n) is 7.73. The number of Topliss-reactive ketones (excluding diaryl/α,β-unsaturated/α-hetero) is 1. The molecule has 0 heterocycles. The van der Waals surface area contributed by atoms with Gasteiger partial charge in [0.25, 0.3) is 0 Å². The third-order valence-electron chi connectivity index (χ3n) is 2.49. The van der Waals surface area contributed by atoms with E-state index in [-0.39, 0.29) is 0 Å². The van der Waals surface area contributed by atoms with Crippen molar-refractivity contribution in [2.45, 2.75) is 39.0 Å². The lowest BCUT2D eigenvalue weighted by Gasteiger charge is -2.00. The number of hydrogen-bond acceptors (Lipinski definition) is 1. The van der Waals surface area contributed by atoms with E-state index in [0.717, 1.165) is 37.7 Å². The van der Waals surface area contributed by atoms with Crippen LogP contribution < -0.4 is 0 Å². The molecule has 1 heteroatoms. The van der Waals surface area contributed by atoms with Gasteiger partial charge in [-0.05, 0) is 38.2 Å². The fourth-order valence-corrected chi connectivity index (χ4v) is 1.61. The minimum absolute atomic E-state index is 0.351.